The normalized spacial score (nSPS) is 14.8. The van der Waals surface area contributed by atoms with Crippen molar-refractivity contribution in [2.24, 2.45) is 5.92 Å². The molecular formula is C19H28N2OS. The first-order valence-electron chi connectivity index (χ1n) is 8.59. The van der Waals surface area contributed by atoms with Crippen molar-refractivity contribution >= 4 is 28.8 Å². The van der Waals surface area contributed by atoms with Crippen LogP contribution in [0.3, 0.4) is 0 Å². The minimum atomic E-state index is 0.289. The van der Waals surface area contributed by atoms with Crippen LogP contribution in [0.5, 0.6) is 0 Å². The smallest absolute Gasteiger partial charge is 0.173 e. The van der Waals surface area contributed by atoms with E-state index in [1.165, 1.54) is 25.7 Å². The molecule has 0 atom stereocenters. The Bertz CT molecular complexity index is 591. The van der Waals surface area contributed by atoms with Crippen LogP contribution in [0.15, 0.2) is 12.1 Å². The maximum Gasteiger partial charge on any atom is 0.173 e. The van der Waals surface area contributed by atoms with Gasteiger partial charge in [-0.25, -0.2) is 0 Å². The predicted octanol–water partition coefficient (Wildman–Crippen LogP) is 4.71. The SMILES string of the molecule is CCN(C)C(=S)Nc1cc(C)c(C(=O)CC2CCCC2)cc1C. The third-order valence-corrected chi connectivity index (χ3v) is 5.30. The van der Waals surface area contributed by atoms with E-state index in [0.717, 1.165) is 28.9 Å². The zero-order valence-corrected chi connectivity index (χ0v) is 15.6. The Morgan fingerprint density at radius 3 is 2.52 bits per heavy atom. The minimum Gasteiger partial charge on any atom is -0.352 e. The Balaban J connectivity index is 2.12. The second-order valence-corrected chi connectivity index (χ2v) is 7.09. The molecule has 4 heteroatoms. The molecule has 1 aromatic rings. The van der Waals surface area contributed by atoms with Gasteiger partial charge < -0.3 is 10.2 Å². The quantitative estimate of drug-likeness (QED) is 0.625. The summed E-state index contributed by atoms with van der Waals surface area (Å²) in [5, 5.41) is 4.00. The molecule has 0 spiro atoms. The van der Waals surface area contributed by atoms with E-state index < -0.39 is 0 Å². The highest BCUT2D eigenvalue weighted by Crippen LogP contribution is 2.30. The van der Waals surface area contributed by atoms with Gasteiger partial charge in [0.1, 0.15) is 0 Å². The van der Waals surface area contributed by atoms with Crippen LogP contribution in [0, 0.1) is 19.8 Å². The number of thiocarbonyl (C=S) groups is 1. The summed E-state index contributed by atoms with van der Waals surface area (Å²) in [6.45, 7) is 6.97. The van der Waals surface area contributed by atoms with Crippen LogP contribution in [-0.2, 0) is 0 Å². The molecule has 1 aliphatic rings. The lowest BCUT2D eigenvalue weighted by molar-refractivity contribution is 0.0961. The second kappa shape index (κ2) is 7.91. The Hall–Kier alpha value is -1.42. The molecule has 1 fully saturated rings. The van der Waals surface area contributed by atoms with Crippen molar-refractivity contribution < 1.29 is 4.79 Å². The summed E-state index contributed by atoms with van der Waals surface area (Å²) in [4.78, 5) is 14.6. The van der Waals surface area contributed by atoms with Gasteiger partial charge in [0.2, 0.25) is 0 Å². The number of ketones is 1. The molecule has 3 nitrogen and oxygen atoms in total. The summed E-state index contributed by atoms with van der Waals surface area (Å²) >= 11 is 5.39. The van der Waals surface area contributed by atoms with Crippen molar-refractivity contribution in [3.63, 3.8) is 0 Å². The van der Waals surface area contributed by atoms with Crippen molar-refractivity contribution in [2.45, 2.75) is 52.9 Å². The van der Waals surface area contributed by atoms with Gasteiger partial charge in [0.25, 0.3) is 0 Å². The van der Waals surface area contributed by atoms with E-state index in [0.29, 0.717) is 17.5 Å². The van der Waals surface area contributed by atoms with E-state index >= 15 is 0 Å². The summed E-state index contributed by atoms with van der Waals surface area (Å²) in [7, 11) is 1.97. The lowest BCUT2D eigenvalue weighted by Crippen LogP contribution is -2.31. The van der Waals surface area contributed by atoms with Gasteiger partial charge in [0, 0.05) is 31.3 Å². The van der Waals surface area contributed by atoms with Crippen LogP contribution in [-0.4, -0.2) is 29.4 Å². The molecule has 0 unspecified atom stereocenters. The summed E-state index contributed by atoms with van der Waals surface area (Å²) in [6.07, 6.45) is 5.68. The highest BCUT2D eigenvalue weighted by molar-refractivity contribution is 7.80. The molecule has 0 amide bonds. The minimum absolute atomic E-state index is 0.289. The highest BCUT2D eigenvalue weighted by Gasteiger charge is 2.21. The summed E-state index contributed by atoms with van der Waals surface area (Å²) in [5.74, 6) is 0.878. The van der Waals surface area contributed by atoms with Gasteiger partial charge in [0.05, 0.1) is 0 Å². The maximum absolute atomic E-state index is 12.6. The standard InChI is InChI=1S/C19H28N2OS/c1-5-21(4)19(23)20-17-11-13(2)16(10-14(17)3)18(22)12-15-8-6-7-9-15/h10-11,15H,5-9,12H2,1-4H3,(H,20,23). The van der Waals surface area contributed by atoms with Gasteiger partial charge in [-0.1, -0.05) is 25.7 Å². The number of hydrogen-bond donors (Lipinski definition) is 1. The fraction of sp³-hybridized carbons (Fsp3) is 0.579. The molecule has 2 rings (SSSR count). The number of rotatable bonds is 5. The number of carbonyl (C=O) groups is 1. The molecule has 1 aliphatic carbocycles. The van der Waals surface area contributed by atoms with Crippen LogP contribution in [0.2, 0.25) is 0 Å². The van der Waals surface area contributed by atoms with Crippen LogP contribution in [0.4, 0.5) is 5.69 Å². The molecule has 0 bridgehead atoms. The van der Waals surface area contributed by atoms with Crippen molar-refractivity contribution in [3.05, 3.63) is 28.8 Å². The molecule has 0 aliphatic heterocycles. The van der Waals surface area contributed by atoms with Crippen molar-refractivity contribution in [1.29, 1.82) is 0 Å². The molecule has 1 aromatic carbocycles. The first-order chi connectivity index (χ1) is 10.9. The van der Waals surface area contributed by atoms with E-state index in [4.69, 9.17) is 12.2 Å². The van der Waals surface area contributed by atoms with Crippen molar-refractivity contribution in [2.75, 3.05) is 18.9 Å². The fourth-order valence-electron chi connectivity index (χ4n) is 3.19. The predicted molar refractivity (Wildman–Crippen MR) is 101 cm³/mol. The van der Waals surface area contributed by atoms with Crippen LogP contribution in [0.1, 0.15) is 60.5 Å². The molecule has 0 saturated heterocycles. The molecule has 23 heavy (non-hydrogen) atoms. The number of nitrogens with zero attached hydrogens (tertiary/aromatic N) is 1. The third-order valence-electron chi connectivity index (χ3n) is 4.88. The van der Waals surface area contributed by atoms with Crippen LogP contribution in [0.25, 0.3) is 0 Å². The Kier molecular flexibility index (Phi) is 6.17. The fourth-order valence-corrected chi connectivity index (χ4v) is 3.43. The average molecular weight is 333 g/mol. The van der Waals surface area contributed by atoms with E-state index in [-0.39, 0.29) is 5.78 Å². The second-order valence-electron chi connectivity index (χ2n) is 6.70. The topological polar surface area (TPSA) is 32.3 Å². The first kappa shape index (κ1) is 17.9. The third kappa shape index (κ3) is 4.54. The maximum atomic E-state index is 12.6. The Labute approximate surface area is 145 Å². The number of nitrogens with one attached hydrogen (secondary N) is 1. The van der Waals surface area contributed by atoms with Gasteiger partial charge in [-0.3, -0.25) is 4.79 Å². The van der Waals surface area contributed by atoms with E-state index in [1.54, 1.807) is 0 Å². The Morgan fingerprint density at radius 1 is 1.26 bits per heavy atom. The average Bonchev–Trinajstić information content (AvgIpc) is 3.02. The number of anilines is 1. The number of hydrogen-bond acceptors (Lipinski definition) is 2. The van der Waals surface area contributed by atoms with Crippen LogP contribution < -0.4 is 5.32 Å². The Morgan fingerprint density at radius 2 is 1.91 bits per heavy atom. The van der Waals surface area contributed by atoms with E-state index in [1.807, 2.05) is 37.9 Å². The van der Waals surface area contributed by atoms with E-state index in [2.05, 4.69) is 12.2 Å². The van der Waals surface area contributed by atoms with Gasteiger partial charge in [-0.2, -0.15) is 0 Å². The zero-order valence-electron chi connectivity index (χ0n) is 14.7. The van der Waals surface area contributed by atoms with Gasteiger partial charge in [-0.15, -0.1) is 0 Å². The first-order valence-corrected chi connectivity index (χ1v) is 8.99. The van der Waals surface area contributed by atoms with Gasteiger partial charge in [-0.05, 0) is 62.2 Å². The molecule has 1 N–H and O–H groups in total. The van der Waals surface area contributed by atoms with Crippen molar-refractivity contribution in [3.8, 4) is 0 Å². The monoisotopic (exact) mass is 332 g/mol. The molecular weight excluding hydrogens is 304 g/mol. The zero-order chi connectivity index (χ0) is 17.0. The summed E-state index contributed by atoms with van der Waals surface area (Å²) in [5.41, 5.74) is 3.96. The van der Waals surface area contributed by atoms with Crippen LogP contribution >= 0.6 is 12.2 Å². The summed E-state index contributed by atoms with van der Waals surface area (Å²) in [6, 6.07) is 4.07. The molecule has 0 radical (unpaired) electrons. The summed E-state index contributed by atoms with van der Waals surface area (Å²) < 4.78 is 0. The molecule has 126 valence electrons. The number of carbonyl (C=O) groups excluding carboxylic acids is 1. The lowest BCUT2D eigenvalue weighted by Gasteiger charge is -2.21. The largest absolute Gasteiger partial charge is 0.352 e. The highest BCUT2D eigenvalue weighted by atomic mass is 32.1. The van der Waals surface area contributed by atoms with Gasteiger partial charge in [0.15, 0.2) is 10.9 Å². The van der Waals surface area contributed by atoms with E-state index in [9.17, 15) is 4.79 Å². The number of benzene rings is 1. The number of aryl methyl sites for hydroxylation is 2. The van der Waals surface area contributed by atoms with Gasteiger partial charge >= 0.3 is 0 Å². The lowest BCUT2D eigenvalue weighted by atomic mass is 9.93. The number of Topliss-reactive ketones (excluding diaryl/α,β-unsaturated/α-hetero) is 1. The molecule has 1 saturated carbocycles. The molecule has 0 heterocycles. The molecule has 0 aromatic heterocycles. The van der Waals surface area contributed by atoms with Crippen molar-refractivity contribution in [1.82, 2.24) is 4.90 Å².